The van der Waals surface area contributed by atoms with Gasteiger partial charge in [-0.3, -0.25) is 9.89 Å². The number of nitrogens with zero attached hydrogens (tertiary/aromatic N) is 2. The normalized spacial score (nSPS) is 18.7. The fourth-order valence-corrected chi connectivity index (χ4v) is 3.72. The number of rotatable bonds is 8. The van der Waals surface area contributed by atoms with Crippen LogP contribution < -0.4 is 15.4 Å². The molecule has 0 aromatic heterocycles. The lowest BCUT2D eigenvalue weighted by Gasteiger charge is -2.35. The maximum Gasteiger partial charge on any atom is 0.191 e. The fourth-order valence-electron chi connectivity index (χ4n) is 3.72. The molecule has 2 heterocycles. The van der Waals surface area contributed by atoms with Crippen LogP contribution in [-0.4, -0.2) is 77.6 Å². The molecule has 0 saturated carbocycles. The third-order valence-electron chi connectivity index (χ3n) is 5.47. The van der Waals surface area contributed by atoms with Gasteiger partial charge in [-0.2, -0.15) is 0 Å². The molecule has 2 N–H and O–H groups in total. The molecular weight excluding hydrogens is 495 g/mol. The highest BCUT2D eigenvalue weighted by Gasteiger charge is 2.23. The second-order valence-corrected chi connectivity index (χ2v) is 7.25. The highest BCUT2D eigenvalue weighted by Crippen LogP contribution is 2.23. The summed E-state index contributed by atoms with van der Waals surface area (Å²) in [4.78, 5) is 6.87. The number of nitrogens with one attached hydrogen (secondary N) is 2. The van der Waals surface area contributed by atoms with E-state index in [9.17, 15) is 0 Å². The summed E-state index contributed by atoms with van der Waals surface area (Å²) in [6.07, 6.45) is 4.25. The Morgan fingerprint density at radius 2 is 1.90 bits per heavy atom. The topological polar surface area (TPSA) is 67.4 Å². The molecule has 1 saturated heterocycles. The Bertz CT molecular complexity index is 675. The van der Waals surface area contributed by atoms with E-state index in [-0.39, 0.29) is 30.0 Å². The van der Waals surface area contributed by atoms with Gasteiger partial charge in [0.15, 0.2) is 5.96 Å². The number of morpholine rings is 1. The summed E-state index contributed by atoms with van der Waals surface area (Å²) < 4.78 is 16.2. The standard InChI is InChI=1S/C22H34N4O3.HI/c1-23-22(24-10-7-18-8-13-28-14-9-18)25-17-21(26-11-15-29-16-12-26)19-3-5-20(27-2)6-4-19;/h3-6,8,21H,7,9-17H2,1-2H3,(H2,23,24,25);1H. The Morgan fingerprint density at radius 3 is 2.53 bits per heavy atom. The van der Waals surface area contributed by atoms with Gasteiger partial charge in [0.05, 0.1) is 39.6 Å². The quantitative estimate of drug-likeness (QED) is 0.233. The fraction of sp³-hybridized carbons (Fsp3) is 0.591. The van der Waals surface area contributed by atoms with Crippen LogP contribution >= 0.6 is 24.0 Å². The summed E-state index contributed by atoms with van der Waals surface area (Å²) in [7, 11) is 3.52. The molecule has 0 radical (unpaired) electrons. The van der Waals surface area contributed by atoms with Gasteiger partial charge in [-0.25, -0.2) is 0 Å². The van der Waals surface area contributed by atoms with Crippen LogP contribution in [0.25, 0.3) is 0 Å². The van der Waals surface area contributed by atoms with Crippen molar-refractivity contribution in [1.29, 1.82) is 0 Å². The van der Waals surface area contributed by atoms with Crippen molar-refractivity contribution >= 4 is 29.9 Å². The van der Waals surface area contributed by atoms with Crippen LogP contribution in [0.1, 0.15) is 24.4 Å². The number of halogens is 1. The molecule has 1 unspecified atom stereocenters. The van der Waals surface area contributed by atoms with Gasteiger partial charge in [-0.1, -0.05) is 23.8 Å². The van der Waals surface area contributed by atoms with Crippen molar-refractivity contribution in [2.24, 2.45) is 4.99 Å². The highest BCUT2D eigenvalue weighted by molar-refractivity contribution is 14.0. The molecule has 0 spiro atoms. The zero-order valence-electron chi connectivity index (χ0n) is 18.1. The molecule has 0 aliphatic carbocycles. The van der Waals surface area contributed by atoms with Gasteiger partial charge in [-0.15, -0.1) is 24.0 Å². The second kappa shape index (κ2) is 13.8. The molecule has 2 aliphatic heterocycles. The Kier molecular flexibility index (Phi) is 11.5. The average Bonchev–Trinajstić information content (AvgIpc) is 2.80. The molecule has 1 fully saturated rings. The summed E-state index contributed by atoms with van der Waals surface area (Å²) in [6, 6.07) is 8.60. The van der Waals surface area contributed by atoms with E-state index in [0.717, 1.165) is 77.2 Å². The molecule has 1 aromatic rings. The molecular formula is C22H35IN4O3. The number of ether oxygens (including phenoxy) is 3. The summed E-state index contributed by atoms with van der Waals surface area (Å²) in [5.41, 5.74) is 2.73. The van der Waals surface area contributed by atoms with Crippen LogP contribution in [0.2, 0.25) is 0 Å². The van der Waals surface area contributed by atoms with Crippen LogP contribution in [0, 0.1) is 0 Å². The SMILES string of the molecule is CN=C(NCCC1=CCOCC1)NCC(c1ccc(OC)cc1)N1CCOCC1.I. The largest absolute Gasteiger partial charge is 0.497 e. The maximum atomic E-state index is 5.55. The lowest BCUT2D eigenvalue weighted by atomic mass is 10.0. The Morgan fingerprint density at radius 1 is 1.13 bits per heavy atom. The van der Waals surface area contributed by atoms with E-state index in [1.807, 2.05) is 19.2 Å². The maximum absolute atomic E-state index is 5.55. The number of methoxy groups -OCH3 is 1. The minimum Gasteiger partial charge on any atom is -0.497 e. The van der Waals surface area contributed by atoms with Gasteiger partial charge in [0.25, 0.3) is 0 Å². The lowest BCUT2D eigenvalue weighted by Crippen LogP contribution is -2.46. The van der Waals surface area contributed by atoms with Crippen molar-refractivity contribution in [3.05, 3.63) is 41.5 Å². The molecule has 0 amide bonds. The Balaban J connectivity index is 0.00000320. The number of benzene rings is 1. The molecule has 1 aromatic carbocycles. The Labute approximate surface area is 197 Å². The lowest BCUT2D eigenvalue weighted by molar-refractivity contribution is 0.0170. The molecule has 2 aliphatic rings. The molecule has 7 nitrogen and oxygen atoms in total. The van der Waals surface area contributed by atoms with Crippen LogP contribution in [-0.2, 0) is 9.47 Å². The van der Waals surface area contributed by atoms with Gasteiger partial charge in [-0.05, 0) is 30.5 Å². The molecule has 30 heavy (non-hydrogen) atoms. The van der Waals surface area contributed by atoms with Crippen molar-refractivity contribution in [3.63, 3.8) is 0 Å². The first-order valence-electron chi connectivity index (χ1n) is 10.5. The Hall–Kier alpha value is -1.36. The smallest absolute Gasteiger partial charge is 0.191 e. The zero-order chi connectivity index (χ0) is 20.3. The third-order valence-corrected chi connectivity index (χ3v) is 5.47. The summed E-state index contributed by atoms with van der Waals surface area (Å²) >= 11 is 0. The second-order valence-electron chi connectivity index (χ2n) is 7.25. The zero-order valence-corrected chi connectivity index (χ0v) is 20.4. The van der Waals surface area contributed by atoms with E-state index < -0.39 is 0 Å². The van der Waals surface area contributed by atoms with E-state index in [1.165, 1.54) is 11.1 Å². The van der Waals surface area contributed by atoms with Gasteiger partial charge in [0, 0.05) is 33.2 Å². The first-order valence-corrected chi connectivity index (χ1v) is 10.5. The average molecular weight is 530 g/mol. The van der Waals surface area contributed by atoms with Crippen LogP contribution in [0.4, 0.5) is 0 Å². The monoisotopic (exact) mass is 530 g/mol. The summed E-state index contributed by atoms with van der Waals surface area (Å²) in [5, 5.41) is 6.95. The minimum absolute atomic E-state index is 0. The molecule has 8 heteroatoms. The molecule has 3 rings (SSSR count). The molecule has 1 atom stereocenters. The van der Waals surface area contributed by atoms with E-state index in [4.69, 9.17) is 14.2 Å². The predicted octanol–water partition coefficient (Wildman–Crippen LogP) is 2.59. The number of aliphatic imine (C=N–C) groups is 1. The van der Waals surface area contributed by atoms with Crippen molar-refractivity contribution in [3.8, 4) is 5.75 Å². The van der Waals surface area contributed by atoms with Crippen molar-refractivity contribution in [1.82, 2.24) is 15.5 Å². The van der Waals surface area contributed by atoms with Gasteiger partial charge in [0.2, 0.25) is 0 Å². The van der Waals surface area contributed by atoms with E-state index >= 15 is 0 Å². The first kappa shape index (κ1) is 24.9. The molecule has 0 bridgehead atoms. The first-order chi connectivity index (χ1) is 14.3. The number of hydrogen-bond acceptors (Lipinski definition) is 5. The van der Waals surface area contributed by atoms with Gasteiger partial charge >= 0.3 is 0 Å². The van der Waals surface area contributed by atoms with E-state index in [0.29, 0.717) is 0 Å². The predicted molar refractivity (Wildman–Crippen MR) is 131 cm³/mol. The van der Waals surface area contributed by atoms with E-state index in [1.54, 1.807) is 7.11 Å². The van der Waals surface area contributed by atoms with Crippen LogP contribution in [0.5, 0.6) is 5.75 Å². The third kappa shape index (κ3) is 7.72. The van der Waals surface area contributed by atoms with Crippen molar-refractivity contribution < 1.29 is 14.2 Å². The van der Waals surface area contributed by atoms with Crippen LogP contribution in [0.3, 0.4) is 0 Å². The van der Waals surface area contributed by atoms with Crippen molar-refractivity contribution in [2.75, 3.05) is 66.8 Å². The van der Waals surface area contributed by atoms with Crippen LogP contribution in [0.15, 0.2) is 40.9 Å². The molecule has 168 valence electrons. The van der Waals surface area contributed by atoms with Gasteiger partial charge < -0.3 is 24.8 Å². The summed E-state index contributed by atoms with van der Waals surface area (Å²) in [5.74, 6) is 1.71. The number of hydrogen-bond donors (Lipinski definition) is 2. The minimum atomic E-state index is 0. The van der Waals surface area contributed by atoms with Crippen molar-refractivity contribution in [2.45, 2.75) is 18.9 Å². The number of guanidine groups is 1. The summed E-state index contributed by atoms with van der Waals surface area (Å²) in [6.45, 7) is 6.64. The highest BCUT2D eigenvalue weighted by atomic mass is 127. The van der Waals surface area contributed by atoms with Gasteiger partial charge in [0.1, 0.15) is 5.75 Å². The van der Waals surface area contributed by atoms with E-state index in [2.05, 4.69) is 38.7 Å².